The van der Waals surface area contributed by atoms with Gasteiger partial charge in [0, 0.05) is 24.2 Å². The number of amides is 2. The number of rotatable bonds is 5. The van der Waals surface area contributed by atoms with Crippen molar-refractivity contribution in [2.24, 2.45) is 0 Å². The highest BCUT2D eigenvalue weighted by atomic mass is 35.5. The van der Waals surface area contributed by atoms with Crippen LogP contribution >= 0.6 is 11.6 Å². The van der Waals surface area contributed by atoms with E-state index in [2.05, 4.69) is 16.4 Å². The zero-order chi connectivity index (χ0) is 22.0. The lowest BCUT2D eigenvalue weighted by Crippen LogP contribution is -2.40. The Bertz CT molecular complexity index is 1170. The van der Waals surface area contributed by atoms with E-state index in [9.17, 15) is 9.59 Å². The van der Waals surface area contributed by atoms with E-state index in [0.717, 1.165) is 34.9 Å². The summed E-state index contributed by atoms with van der Waals surface area (Å²) >= 11 is 6.21. The molecule has 0 saturated carbocycles. The van der Waals surface area contributed by atoms with Crippen LogP contribution in [0.4, 0.5) is 10.5 Å². The zero-order valence-corrected chi connectivity index (χ0v) is 18.5. The number of H-pyrrole nitrogens is 1. The van der Waals surface area contributed by atoms with E-state index in [0.29, 0.717) is 29.4 Å². The molecule has 1 aromatic heterocycles. The number of fused-ring (bicyclic) bond motifs is 1. The first-order valence-corrected chi connectivity index (χ1v) is 10.8. The third-order valence-electron chi connectivity index (χ3n) is 5.75. The molecule has 1 aliphatic heterocycles. The minimum atomic E-state index is -0.316. The Labute approximate surface area is 186 Å². The summed E-state index contributed by atoms with van der Waals surface area (Å²) in [6, 6.07) is 12.7. The predicted octanol–water partition coefficient (Wildman–Crippen LogP) is 5.01. The van der Waals surface area contributed by atoms with Crippen LogP contribution in [0.5, 0.6) is 0 Å². The van der Waals surface area contributed by atoms with Gasteiger partial charge in [-0.05, 0) is 73.5 Å². The van der Waals surface area contributed by atoms with Crippen LogP contribution in [0.3, 0.4) is 0 Å². The molecule has 2 heterocycles. The molecular weight excluding hydrogens is 414 g/mol. The minimum absolute atomic E-state index is 0.0403. The fourth-order valence-corrected chi connectivity index (χ4v) is 4.04. The van der Waals surface area contributed by atoms with E-state index in [1.807, 2.05) is 32.0 Å². The van der Waals surface area contributed by atoms with Crippen molar-refractivity contribution in [3.05, 3.63) is 74.5 Å². The van der Waals surface area contributed by atoms with E-state index >= 15 is 0 Å². The molecule has 2 amide bonds. The maximum absolute atomic E-state index is 13.1. The number of aromatic nitrogens is 1. The molecule has 6 nitrogen and oxygen atoms in total. The van der Waals surface area contributed by atoms with Crippen molar-refractivity contribution in [1.82, 2.24) is 9.88 Å². The number of pyridine rings is 1. The second kappa shape index (κ2) is 9.12. The van der Waals surface area contributed by atoms with Crippen LogP contribution in [0.2, 0.25) is 5.02 Å². The third kappa shape index (κ3) is 4.92. The molecule has 0 spiro atoms. The molecule has 162 valence electrons. The topological polar surface area (TPSA) is 74.4 Å². The standard InChI is InChI=1S/C24H26ClN3O3/c1-15-10-17-12-18(23(29)26-22(17)11-16(15)2)13-28(14-19-6-5-9-31-19)24(30)27-21-8-4-3-7-20(21)25/h3-4,7-8,10-12,19H,5-6,9,13-14H2,1-2H3,(H,26,29)(H,27,30)/t19-/m0/s1. The van der Waals surface area contributed by atoms with Gasteiger partial charge in [0.25, 0.3) is 5.56 Å². The first kappa shape index (κ1) is 21.4. The summed E-state index contributed by atoms with van der Waals surface area (Å²) in [5.41, 5.74) is 3.93. The Balaban J connectivity index is 1.63. The summed E-state index contributed by atoms with van der Waals surface area (Å²) in [5, 5.41) is 4.27. The molecule has 2 N–H and O–H groups in total. The van der Waals surface area contributed by atoms with E-state index in [1.54, 1.807) is 23.1 Å². The molecule has 1 atom stereocenters. The van der Waals surface area contributed by atoms with Gasteiger partial charge in [0.05, 0.1) is 23.4 Å². The molecule has 2 aromatic carbocycles. The summed E-state index contributed by atoms with van der Waals surface area (Å²) in [5.74, 6) is 0. The van der Waals surface area contributed by atoms with Gasteiger partial charge >= 0.3 is 6.03 Å². The molecule has 4 rings (SSSR count). The number of benzene rings is 2. The lowest BCUT2D eigenvalue weighted by Gasteiger charge is -2.26. The number of hydrogen-bond donors (Lipinski definition) is 2. The maximum atomic E-state index is 13.1. The van der Waals surface area contributed by atoms with Gasteiger partial charge in [-0.1, -0.05) is 23.7 Å². The smallest absolute Gasteiger partial charge is 0.322 e. The number of urea groups is 1. The SMILES string of the molecule is Cc1cc2cc(CN(C[C@@H]3CCCO3)C(=O)Nc3ccccc3Cl)c(=O)[nH]c2cc1C. The Morgan fingerprint density at radius 3 is 2.74 bits per heavy atom. The Morgan fingerprint density at radius 2 is 2.00 bits per heavy atom. The number of aromatic amines is 1. The highest BCUT2D eigenvalue weighted by molar-refractivity contribution is 6.33. The predicted molar refractivity (Wildman–Crippen MR) is 124 cm³/mol. The third-order valence-corrected chi connectivity index (χ3v) is 6.08. The highest BCUT2D eigenvalue weighted by Crippen LogP contribution is 2.23. The first-order valence-electron chi connectivity index (χ1n) is 10.5. The van der Waals surface area contributed by atoms with Crippen molar-refractivity contribution in [3.8, 4) is 0 Å². The number of ether oxygens (including phenoxy) is 1. The average Bonchev–Trinajstić information content (AvgIpc) is 3.24. The number of nitrogens with zero attached hydrogens (tertiary/aromatic N) is 1. The van der Waals surface area contributed by atoms with Crippen molar-refractivity contribution < 1.29 is 9.53 Å². The zero-order valence-electron chi connectivity index (χ0n) is 17.7. The number of halogens is 1. The molecule has 0 bridgehead atoms. The average molecular weight is 440 g/mol. The van der Waals surface area contributed by atoms with E-state index in [1.165, 1.54) is 0 Å². The molecule has 0 radical (unpaired) electrons. The number of carbonyl (C=O) groups is 1. The molecule has 1 fully saturated rings. The molecule has 31 heavy (non-hydrogen) atoms. The van der Waals surface area contributed by atoms with Gasteiger partial charge in [-0.2, -0.15) is 0 Å². The number of para-hydroxylation sites is 1. The lowest BCUT2D eigenvalue weighted by molar-refractivity contribution is 0.0818. The Kier molecular flexibility index (Phi) is 6.30. The van der Waals surface area contributed by atoms with Crippen molar-refractivity contribution in [1.29, 1.82) is 0 Å². The van der Waals surface area contributed by atoms with Crippen LogP contribution in [0.25, 0.3) is 10.9 Å². The van der Waals surface area contributed by atoms with Crippen LogP contribution in [0.15, 0.2) is 47.3 Å². The fourth-order valence-electron chi connectivity index (χ4n) is 3.86. The molecule has 7 heteroatoms. The molecule has 0 unspecified atom stereocenters. The highest BCUT2D eigenvalue weighted by Gasteiger charge is 2.24. The Hall–Kier alpha value is -2.83. The van der Waals surface area contributed by atoms with Gasteiger partial charge in [-0.15, -0.1) is 0 Å². The van der Waals surface area contributed by atoms with E-state index < -0.39 is 0 Å². The lowest BCUT2D eigenvalue weighted by atomic mass is 10.0. The number of hydrogen-bond acceptors (Lipinski definition) is 3. The van der Waals surface area contributed by atoms with E-state index in [4.69, 9.17) is 16.3 Å². The first-order chi connectivity index (χ1) is 14.9. The monoisotopic (exact) mass is 439 g/mol. The second-order valence-electron chi connectivity index (χ2n) is 8.07. The van der Waals surface area contributed by atoms with Crippen LogP contribution < -0.4 is 10.9 Å². The van der Waals surface area contributed by atoms with Crippen LogP contribution in [-0.2, 0) is 11.3 Å². The van der Waals surface area contributed by atoms with E-state index in [-0.39, 0.29) is 24.2 Å². The number of carbonyl (C=O) groups excluding carboxylic acids is 1. The summed E-state index contributed by atoms with van der Waals surface area (Å²) in [7, 11) is 0. The van der Waals surface area contributed by atoms with Crippen molar-refractivity contribution in [2.45, 2.75) is 39.3 Å². The van der Waals surface area contributed by atoms with Crippen molar-refractivity contribution >= 4 is 34.2 Å². The number of aryl methyl sites for hydroxylation is 2. The number of nitrogens with one attached hydrogen (secondary N) is 2. The summed E-state index contributed by atoms with van der Waals surface area (Å²) in [6.07, 6.45) is 1.82. The van der Waals surface area contributed by atoms with Gasteiger partial charge in [0.2, 0.25) is 0 Å². The number of anilines is 1. The largest absolute Gasteiger partial charge is 0.376 e. The normalized spacial score (nSPS) is 15.9. The summed E-state index contributed by atoms with van der Waals surface area (Å²) < 4.78 is 5.74. The molecule has 0 aliphatic carbocycles. The van der Waals surface area contributed by atoms with Crippen LogP contribution in [-0.4, -0.2) is 35.2 Å². The molecule has 1 saturated heterocycles. The van der Waals surface area contributed by atoms with Gasteiger partial charge in [-0.3, -0.25) is 4.79 Å². The minimum Gasteiger partial charge on any atom is -0.376 e. The van der Waals surface area contributed by atoms with Crippen molar-refractivity contribution in [3.63, 3.8) is 0 Å². The van der Waals surface area contributed by atoms with Crippen LogP contribution in [0, 0.1) is 13.8 Å². The Morgan fingerprint density at radius 1 is 1.23 bits per heavy atom. The maximum Gasteiger partial charge on any atom is 0.322 e. The summed E-state index contributed by atoms with van der Waals surface area (Å²) in [6.45, 7) is 5.33. The quantitative estimate of drug-likeness (QED) is 0.586. The van der Waals surface area contributed by atoms with Gasteiger partial charge in [0.15, 0.2) is 0 Å². The van der Waals surface area contributed by atoms with Gasteiger partial charge in [0.1, 0.15) is 0 Å². The van der Waals surface area contributed by atoms with Gasteiger partial charge < -0.3 is 19.9 Å². The van der Waals surface area contributed by atoms with Gasteiger partial charge in [-0.25, -0.2) is 4.79 Å². The van der Waals surface area contributed by atoms with Crippen LogP contribution in [0.1, 0.15) is 29.5 Å². The molecule has 3 aromatic rings. The molecule has 1 aliphatic rings. The molecular formula is C24H26ClN3O3. The summed E-state index contributed by atoms with van der Waals surface area (Å²) in [4.78, 5) is 30.5. The fraction of sp³-hybridized carbons (Fsp3) is 0.333. The van der Waals surface area contributed by atoms with Crippen molar-refractivity contribution in [2.75, 3.05) is 18.5 Å². The second-order valence-corrected chi connectivity index (χ2v) is 8.48.